The quantitative estimate of drug-likeness (QED) is 0.124. The maximum atomic E-state index is 12.6. The lowest BCUT2D eigenvalue weighted by molar-refractivity contribution is -0.142. The number of nitrogens with zero attached hydrogens (tertiary/aromatic N) is 1. The molecule has 0 saturated heterocycles. The molecule has 0 fully saturated rings. The summed E-state index contributed by atoms with van der Waals surface area (Å²) in [5.74, 6) is -7.05. The van der Waals surface area contributed by atoms with Crippen LogP contribution in [0.15, 0.2) is 12.5 Å². The Hall–Kier alpha value is -4.05. The number of hydrogen-bond donors (Lipinski definition) is 9. The lowest BCUT2D eigenvalue weighted by atomic mass is 10.1. The molecule has 0 aromatic carbocycles. The number of aliphatic hydroxyl groups excluding tert-OH is 1. The van der Waals surface area contributed by atoms with Gasteiger partial charge in [0.25, 0.3) is 0 Å². The number of aromatic nitrogens is 2. The molecule has 11 N–H and O–H groups in total. The Morgan fingerprint density at radius 2 is 1.52 bits per heavy atom. The van der Waals surface area contributed by atoms with E-state index in [0.29, 0.717) is 5.69 Å². The molecule has 0 aliphatic rings. The zero-order valence-corrected chi connectivity index (χ0v) is 17.2. The number of aliphatic hydroxyl groups is 1. The van der Waals surface area contributed by atoms with Gasteiger partial charge in [0, 0.05) is 18.3 Å². The zero-order valence-electron chi connectivity index (χ0n) is 17.2. The van der Waals surface area contributed by atoms with Gasteiger partial charge in [-0.25, -0.2) is 9.78 Å². The molecule has 0 aliphatic carbocycles. The number of carboxylic acid groups (broad SMARTS) is 2. The fraction of sp³-hybridized carbons (Fsp3) is 0.471. The Labute approximate surface area is 186 Å². The maximum Gasteiger partial charge on any atom is 0.326 e. The van der Waals surface area contributed by atoms with Gasteiger partial charge in [-0.1, -0.05) is 0 Å². The average molecular weight is 471 g/mol. The minimum Gasteiger partial charge on any atom is -0.481 e. The van der Waals surface area contributed by atoms with E-state index in [-0.39, 0.29) is 6.42 Å². The van der Waals surface area contributed by atoms with Crippen molar-refractivity contribution in [2.75, 3.05) is 6.61 Å². The Bertz CT molecular complexity index is 874. The molecule has 1 rings (SSSR count). The van der Waals surface area contributed by atoms with E-state index in [2.05, 4.69) is 20.6 Å². The van der Waals surface area contributed by atoms with E-state index in [4.69, 9.17) is 16.6 Å². The summed E-state index contributed by atoms with van der Waals surface area (Å²) in [5, 5.41) is 33.7. The molecule has 33 heavy (non-hydrogen) atoms. The van der Waals surface area contributed by atoms with E-state index in [1.807, 2.05) is 5.32 Å². The number of carboxylic acids is 2. The predicted molar refractivity (Wildman–Crippen MR) is 107 cm³/mol. The van der Waals surface area contributed by atoms with Crippen LogP contribution in [0.1, 0.15) is 18.5 Å². The van der Waals surface area contributed by atoms with Gasteiger partial charge in [0.2, 0.25) is 23.6 Å². The van der Waals surface area contributed by atoms with E-state index < -0.39 is 79.2 Å². The fourth-order valence-corrected chi connectivity index (χ4v) is 2.53. The molecule has 0 radical (unpaired) electrons. The van der Waals surface area contributed by atoms with Crippen LogP contribution in [0.4, 0.5) is 0 Å². The van der Waals surface area contributed by atoms with Gasteiger partial charge < -0.3 is 47.7 Å². The van der Waals surface area contributed by atoms with E-state index in [1.165, 1.54) is 12.5 Å². The first-order valence-corrected chi connectivity index (χ1v) is 9.42. The van der Waals surface area contributed by atoms with Crippen LogP contribution in [-0.2, 0) is 35.2 Å². The standard InChI is InChI=1S/C17H25N7O9/c18-8(2-13(27)28)14(29)24-11(5-25)16(31)22-9(3-12(19)26)15(30)23-10(17(32)33)1-7-4-20-6-21-7/h4,6,8-11,25H,1-3,5,18H2,(H2,19,26)(H,20,21)(H,22,31)(H,23,30)(H,24,29)(H,27,28)(H,32,33). The SMILES string of the molecule is NC(=O)CC(NC(=O)C(CO)NC(=O)C(N)CC(=O)O)C(=O)NC(Cc1cnc[nH]1)C(=O)O. The monoisotopic (exact) mass is 471 g/mol. The summed E-state index contributed by atoms with van der Waals surface area (Å²) in [4.78, 5) is 76.8. The number of amides is 4. The van der Waals surface area contributed by atoms with Crippen molar-refractivity contribution in [2.45, 2.75) is 43.4 Å². The van der Waals surface area contributed by atoms with Crippen molar-refractivity contribution in [3.8, 4) is 0 Å². The summed E-state index contributed by atoms with van der Waals surface area (Å²) in [5.41, 5.74) is 10.9. The second-order valence-corrected chi connectivity index (χ2v) is 6.86. The number of nitrogens with two attached hydrogens (primary N) is 2. The number of aliphatic carboxylic acids is 2. The number of imidazole rings is 1. The largest absolute Gasteiger partial charge is 0.481 e. The first-order valence-electron chi connectivity index (χ1n) is 9.42. The molecule has 0 bridgehead atoms. The minimum atomic E-state index is -1.65. The average Bonchev–Trinajstić information content (AvgIpc) is 3.22. The molecule has 1 aromatic rings. The lowest BCUT2D eigenvalue weighted by Gasteiger charge is -2.23. The number of carbonyl (C=O) groups excluding carboxylic acids is 4. The third-order valence-electron chi connectivity index (χ3n) is 4.18. The van der Waals surface area contributed by atoms with Crippen molar-refractivity contribution in [3.63, 3.8) is 0 Å². The molecule has 1 aromatic heterocycles. The van der Waals surface area contributed by atoms with Gasteiger partial charge in [0.05, 0.1) is 31.8 Å². The van der Waals surface area contributed by atoms with E-state index in [0.717, 1.165) is 0 Å². The van der Waals surface area contributed by atoms with Crippen LogP contribution in [-0.4, -0.2) is 91.6 Å². The third-order valence-corrected chi connectivity index (χ3v) is 4.18. The molecular weight excluding hydrogens is 446 g/mol. The third kappa shape index (κ3) is 9.32. The smallest absolute Gasteiger partial charge is 0.326 e. The van der Waals surface area contributed by atoms with E-state index in [1.54, 1.807) is 0 Å². The summed E-state index contributed by atoms with van der Waals surface area (Å²) in [6.07, 6.45) is 0.991. The number of rotatable bonds is 14. The Kier molecular flexibility index (Phi) is 10.4. The molecule has 0 aliphatic heterocycles. The van der Waals surface area contributed by atoms with Gasteiger partial charge >= 0.3 is 11.9 Å². The number of primary amides is 1. The van der Waals surface area contributed by atoms with Crippen LogP contribution in [0.5, 0.6) is 0 Å². The number of hydrogen-bond acceptors (Lipinski definition) is 9. The van der Waals surface area contributed by atoms with Crippen LogP contribution >= 0.6 is 0 Å². The van der Waals surface area contributed by atoms with Crippen LogP contribution in [0, 0.1) is 0 Å². The van der Waals surface area contributed by atoms with Gasteiger partial charge in [-0.2, -0.15) is 0 Å². The molecule has 4 atom stereocenters. The molecule has 16 nitrogen and oxygen atoms in total. The normalized spacial score (nSPS) is 14.2. The van der Waals surface area contributed by atoms with Crippen LogP contribution in [0.3, 0.4) is 0 Å². The fourth-order valence-electron chi connectivity index (χ4n) is 2.53. The van der Waals surface area contributed by atoms with E-state index >= 15 is 0 Å². The lowest BCUT2D eigenvalue weighted by Crippen LogP contribution is -2.58. The summed E-state index contributed by atoms with van der Waals surface area (Å²) in [7, 11) is 0. The molecule has 182 valence electrons. The van der Waals surface area contributed by atoms with Crippen molar-refractivity contribution in [1.82, 2.24) is 25.9 Å². The number of H-pyrrole nitrogens is 1. The predicted octanol–water partition coefficient (Wildman–Crippen LogP) is -4.84. The zero-order chi connectivity index (χ0) is 25.1. The molecule has 16 heteroatoms. The summed E-state index contributed by atoms with van der Waals surface area (Å²) in [6.45, 7) is -0.958. The number of carbonyl (C=O) groups is 6. The van der Waals surface area contributed by atoms with Gasteiger partial charge in [0.1, 0.15) is 18.1 Å². The Balaban J connectivity index is 2.88. The van der Waals surface area contributed by atoms with Gasteiger partial charge in [-0.15, -0.1) is 0 Å². The van der Waals surface area contributed by atoms with Gasteiger partial charge in [-0.3, -0.25) is 24.0 Å². The summed E-state index contributed by atoms with van der Waals surface area (Å²) < 4.78 is 0. The molecule has 0 spiro atoms. The van der Waals surface area contributed by atoms with Crippen molar-refractivity contribution in [1.29, 1.82) is 0 Å². The first kappa shape index (κ1) is 27.0. The Morgan fingerprint density at radius 1 is 0.939 bits per heavy atom. The second-order valence-electron chi connectivity index (χ2n) is 6.86. The van der Waals surface area contributed by atoms with Crippen LogP contribution in [0.25, 0.3) is 0 Å². The molecule has 4 amide bonds. The highest BCUT2D eigenvalue weighted by Crippen LogP contribution is 2.02. The van der Waals surface area contributed by atoms with Gasteiger partial charge in [-0.05, 0) is 0 Å². The highest BCUT2D eigenvalue weighted by Gasteiger charge is 2.31. The number of aromatic amines is 1. The number of nitrogens with one attached hydrogen (secondary N) is 4. The van der Waals surface area contributed by atoms with Crippen molar-refractivity contribution < 1.29 is 44.1 Å². The first-order chi connectivity index (χ1) is 15.4. The highest BCUT2D eigenvalue weighted by atomic mass is 16.4. The molecule has 0 saturated carbocycles. The van der Waals surface area contributed by atoms with Crippen molar-refractivity contribution >= 4 is 35.6 Å². The summed E-state index contributed by atoms with van der Waals surface area (Å²) >= 11 is 0. The van der Waals surface area contributed by atoms with Crippen molar-refractivity contribution in [2.24, 2.45) is 11.5 Å². The van der Waals surface area contributed by atoms with Crippen molar-refractivity contribution in [3.05, 3.63) is 18.2 Å². The maximum absolute atomic E-state index is 12.6. The minimum absolute atomic E-state index is 0.185. The molecule has 4 unspecified atom stereocenters. The Morgan fingerprint density at radius 3 is 2.00 bits per heavy atom. The van der Waals surface area contributed by atoms with Gasteiger partial charge in [0.15, 0.2) is 0 Å². The van der Waals surface area contributed by atoms with Crippen LogP contribution < -0.4 is 27.4 Å². The van der Waals surface area contributed by atoms with Crippen LogP contribution in [0.2, 0.25) is 0 Å². The molecule has 1 heterocycles. The van der Waals surface area contributed by atoms with E-state index in [9.17, 15) is 39.0 Å². The highest BCUT2D eigenvalue weighted by molar-refractivity contribution is 5.96. The summed E-state index contributed by atoms with van der Waals surface area (Å²) in [6, 6.07) is -6.27. The second kappa shape index (κ2) is 12.7. The molecular formula is C17H25N7O9. The topological polar surface area (TPSA) is 280 Å².